The van der Waals surface area contributed by atoms with E-state index in [0.29, 0.717) is 11.3 Å². The van der Waals surface area contributed by atoms with E-state index in [4.69, 9.17) is 0 Å². The van der Waals surface area contributed by atoms with Crippen LogP contribution in [0.1, 0.15) is 43.7 Å². The molecule has 184 valence electrons. The molecule has 0 unspecified atom stereocenters. The fourth-order valence-electron chi connectivity index (χ4n) is 4.22. The normalized spacial score (nSPS) is 15.1. The van der Waals surface area contributed by atoms with Crippen LogP contribution in [0.4, 0.5) is 10.1 Å². The Balaban J connectivity index is 1.90. The van der Waals surface area contributed by atoms with E-state index >= 15 is 0 Å². The van der Waals surface area contributed by atoms with Crippen molar-refractivity contribution in [2.24, 2.45) is 0 Å². The number of aryl methyl sites for hydroxylation is 1. The lowest BCUT2D eigenvalue weighted by molar-refractivity contribution is -0.139. The molecule has 1 saturated carbocycles. The number of rotatable bonds is 9. The summed E-state index contributed by atoms with van der Waals surface area (Å²) in [6.07, 6.45) is 4.88. The molecule has 0 aromatic heterocycles. The van der Waals surface area contributed by atoms with E-state index in [9.17, 15) is 22.4 Å². The monoisotopic (exact) mass is 489 g/mol. The fourth-order valence-corrected chi connectivity index (χ4v) is 5.13. The topological polar surface area (TPSA) is 86.8 Å². The Labute approximate surface area is 201 Å². The lowest BCUT2D eigenvalue weighted by Gasteiger charge is -2.32. The van der Waals surface area contributed by atoms with E-state index in [1.165, 1.54) is 11.0 Å². The maximum atomic E-state index is 14.4. The van der Waals surface area contributed by atoms with Crippen LogP contribution in [0.25, 0.3) is 0 Å². The van der Waals surface area contributed by atoms with Crippen LogP contribution in [0.3, 0.4) is 0 Å². The number of hydrogen-bond acceptors (Lipinski definition) is 4. The van der Waals surface area contributed by atoms with Crippen molar-refractivity contribution < 1.29 is 22.4 Å². The first kappa shape index (κ1) is 25.7. The third-order valence-corrected chi connectivity index (χ3v) is 7.36. The number of sulfonamides is 1. The van der Waals surface area contributed by atoms with Crippen molar-refractivity contribution in [1.82, 2.24) is 10.2 Å². The predicted molar refractivity (Wildman–Crippen MR) is 130 cm³/mol. The second-order valence-electron chi connectivity index (χ2n) is 8.84. The Morgan fingerprint density at radius 1 is 1.09 bits per heavy atom. The molecule has 0 saturated heterocycles. The van der Waals surface area contributed by atoms with Crippen molar-refractivity contribution in [1.29, 1.82) is 0 Å². The lowest BCUT2D eigenvalue weighted by Crippen LogP contribution is -2.52. The van der Waals surface area contributed by atoms with Crippen LogP contribution in [0.5, 0.6) is 0 Å². The van der Waals surface area contributed by atoms with Gasteiger partial charge in [0, 0.05) is 18.2 Å². The second kappa shape index (κ2) is 11.0. The van der Waals surface area contributed by atoms with Gasteiger partial charge in [0.05, 0.1) is 11.9 Å². The maximum absolute atomic E-state index is 14.4. The van der Waals surface area contributed by atoms with Gasteiger partial charge >= 0.3 is 0 Å². The number of halogens is 1. The van der Waals surface area contributed by atoms with Crippen molar-refractivity contribution in [3.8, 4) is 0 Å². The highest BCUT2D eigenvalue weighted by Crippen LogP contribution is 2.23. The van der Waals surface area contributed by atoms with Gasteiger partial charge < -0.3 is 10.2 Å². The summed E-state index contributed by atoms with van der Waals surface area (Å²) in [7, 11) is -3.80. The highest BCUT2D eigenvalue weighted by Gasteiger charge is 2.32. The minimum atomic E-state index is -3.80. The van der Waals surface area contributed by atoms with E-state index in [2.05, 4.69) is 5.32 Å². The zero-order chi connectivity index (χ0) is 24.9. The van der Waals surface area contributed by atoms with E-state index in [-0.39, 0.29) is 24.1 Å². The highest BCUT2D eigenvalue weighted by atomic mass is 32.2. The van der Waals surface area contributed by atoms with Gasteiger partial charge in [-0.05, 0) is 44.4 Å². The Morgan fingerprint density at radius 2 is 1.71 bits per heavy atom. The molecule has 0 aliphatic heterocycles. The molecule has 7 nitrogen and oxygen atoms in total. The number of carbonyl (C=O) groups excluding carboxylic acids is 2. The van der Waals surface area contributed by atoms with Gasteiger partial charge in [-0.2, -0.15) is 0 Å². The standard InChI is InChI=1S/C25H32FN3O4S/c1-18-10-4-9-15-23(18)29(34(3,32)33)17-24(30)28(16-20-11-5-8-14-22(20)26)19(2)25(31)27-21-12-6-7-13-21/h4-5,8-11,14-15,19,21H,6-7,12-13,16-17H2,1-3H3,(H,27,31)/t19-/m1/s1. The molecule has 0 spiro atoms. The number of nitrogens with one attached hydrogen (secondary N) is 1. The summed E-state index contributed by atoms with van der Waals surface area (Å²) in [6, 6.07) is 12.0. The Kier molecular flexibility index (Phi) is 8.30. The van der Waals surface area contributed by atoms with E-state index in [0.717, 1.165) is 36.2 Å². The molecular weight excluding hydrogens is 457 g/mol. The van der Waals surface area contributed by atoms with Crippen molar-refractivity contribution >= 4 is 27.5 Å². The average molecular weight is 490 g/mol. The molecular formula is C25H32FN3O4S. The van der Waals surface area contributed by atoms with E-state index in [1.807, 2.05) is 0 Å². The molecule has 1 aliphatic carbocycles. The quantitative estimate of drug-likeness (QED) is 0.585. The molecule has 1 atom stereocenters. The van der Waals surface area contributed by atoms with Gasteiger partial charge in [0.15, 0.2) is 0 Å². The largest absolute Gasteiger partial charge is 0.352 e. The third-order valence-electron chi connectivity index (χ3n) is 6.23. The Hall–Kier alpha value is -2.94. The van der Waals surface area contributed by atoms with E-state index < -0.39 is 34.3 Å². The van der Waals surface area contributed by atoms with Crippen LogP contribution in [0, 0.1) is 12.7 Å². The second-order valence-corrected chi connectivity index (χ2v) is 10.7. The van der Waals surface area contributed by atoms with Gasteiger partial charge in [-0.3, -0.25) is 13.9 Å². The van der Waals surface area contributed by atoms with Crippen molar-refractivity contribution in [3.05, 3.63) is 65.5 Å². The molecule has 2 amide bonds. The number of benzene rings is 2. The van der Waals surface area contributed by atoms with Gasteiger partial charge in [-0.15, -0.1) is 0 Å². The minimum Gasteiger partial charge on any atom is -0.352 e. The van der Waals surface area contributed by atoms with Crippen LogP contribution in [0.2, 0.25) is 0 Å². The van der Waals surface area contributed by atoms with Crippen molar-refractivity contribution in [2.45, 2.75) is 58.2 Å². The molecule has 1 fully saturated rings. The molecule has 1 aliphatic rings. The molecule has 1 N–H and O–H groups in total. The smallest absolute Gasteiger partial charge is 0.244 e. The van der Waals surface area contributed by atoms with Crippen molar-refractivity contribution in [2.75, 3.05) is 17.1 Å². The minimum absolute atomic E-state index is 0.0554. The summed E-state index contributed by atoms with van der Waals surface area (Å²) in [6.45, 7) is 2.68. The first-order valence-electron chi connectivity index (χ1n) is 11.4. The summed E-state index contributed by atoms with van der Waals surface area (Å²) in [5.41, 5.74) is 1.32. The van der Waals surface area contributed by atoms with Crippen molar-refractivity contribution in [3.63, 3.8) is 0 Å². The number of anilines is 1. The summed E-state index contributed by atoms with van der Waals surface area (Å²) in [4.78, 5) is 27.7. The Bertz CT molecular complexity index is 1130. The molecule has 0 heterocycles. The van der Waals surface area contributed by atoms with E-state index in [1.54, 1.807) is 56.3 Å². The van der Waals surface area contributed by atoms with Gasteiger partial charge in [0.25, 0.3) is 0 Å². The van der Waals surface area contributed by atoms with Gasteiger partial charge in [0.2, 0.25) is 21.8 Å². The molecule has 3 rings (SSSR count). The summed E-state index contributed by atoms with van der Waals surface area (Å²) < 4.78 is 40.7. The molecule has 0 bridgehead atoms. The first-order valence-corrected chi connectivity index (χ1v) is 13.3. The third kappa shape index (κ3) is 6.34. The summed E-state index contributed by atoms with van der Waals surface area (Å²) in [5, 5.41) is 2.98. The highest BCUT2D eigenvalue weighted by molar-refractivity contribution is 7.92. The fraction of sp³-hybridized carbons (Fsp3) is 0.440. The zero-order valence-electron chi connectivity index (χ0n) is 19.8. The van der Waals surface area contributed by atoms with Crippen LogP contribution >= 0.6 is 0 Å². The molecule has 34 heavy (non-hydrogen) atoms. The zero-order valence-corrected chi connectivity index (χ0v) is 20.6. The lowest BCUT2D eigenvalue weighted by atomic mass is 10.1. The number of para-hydroxylation sites is 1. The maximum Gasteiger partial charge on any atom is 0.244 e. The average Bonchev–Trinajstić information content (AvgIpc) is 3.29. The predicted octanol–water partition coefficient (Wildman–Crippen LogP) is 3.38. The molecule has 2 aromatic carbocycles. The summed E-state index contributed by atoms with van der Waals surface area (Å²) >= 11 is 0. The van der Waals surface area contributed by atoms with Crippen LogP contribution in [-0.2, 0) is 26.2 Å². The Morgan fingerprint density at radius 3 is 2.32 bits per heavy atom. The van der Waals surface area contributed by atoms with Crippen LogP contribution in [0.15, 0.2) is 48.5 Å². The number of hydrogen-bond donors (Lipinski definition) is 1. The van der Waals surface area contributed by atoms with Crippen LogP contribution in [-0.4, -0.2) is 50.0 Å². The van der Waals surface area contributed by atoms with Gasteiger partial charge in [-0.1, -0.05) is 49.2 Å². The summed E-state index contributed by atoms with van der Waals surface area (Å²) in [5.74, 6) is -1.42. The van der Waals surface area contributed by atoms with Gasteiger partial charge in [0.1, 0.15) is 18.4 Å². The van der Waals surface area contributed by atoms with Gasteiger partial charge in [-0.25, -0.2) is 12.8 Å². The first-order chi connectivity index (χ1) is 16.1. The molecule has 9 heteroatoms. The number of amides is 2. The number of nitrogens with zero attached hydrogens (tertiary/aromatic N) is 2. The molecule has 2 aromatic rings. The molecule has 0 radical (unpaired) electrons. The number of carbonyl (C=O) groups is 2. The SMILES string of the molecule is Cc1ccccc1N(CC(=O)N(Cc1ccccc1F)[C@H](C)C(=O)NC1CCCC1)S(C)(=O)=O. The van der Waals surface area contributed by atoms with Crippen LogP contribution < -0.4 is 9.62 Å².